The topological polar surface area (TPSA) is 42.4 Å². The number of aliphatic hydroxyl groups excluding tert-OH is 1. The van der Waals surface area contributed by atoms with Crippen molar-refractivity contribution in [3.63, 3.8) is 0 Å². The molecule has 30 heavy (non-hydrogen) atoms. The van der Waals surface area contributed by atoms with E-state index in [1.165, 1.54) is 12.1 Å². The average Bonchev–Trinajstić information content (AvgIpc) is 2.64. The smallest absolute Gasteiger partial charge is 0.171 e. The fourth-order valence-electron chi connectivity index (χ4n) is 3.94. The molecule has 0 spiro atoms. The van der Waals surface area contributed by atoms with Crippen LogP contribution in [0.3, 0.4) is 0 Å². The molecule has 2 aromatic rings. The maximum Gasteiger partial charge on any atom is 0.171 e. The first-order valence-electron chi connectivity index (χ1n) is 11.0. The summed E-state index contributed by atoms with van der Waals surface area (Å²) in [6.45, 7) is 19.3. The maximum absolute atomic E-state index is 13.7. The van der Waals surface area contributed by atoms with Crippen molar-refractivity contribution in [2.24, 2.45) is 5.41 Å². The number of pyridine rings is 1. The van der Waals surface area contributed by atoms with Gasteiger partial charge in [0.2, 0.25) is 0 Å². The predicted molar refractivity (Wildman–Crippen MR) is 126 cm³/mol. The lowest BCUT2D eigenvalue weighted by molar-refractivity contribution is 0.0854. The molecular formula is C25H38FNO2Si. The second-order valence-corrected chi connectivity index (χ2v) is 12.4. The Morgan fingerprint density at radius 1 is 1.00 bits per heavy atom. The summed E-state index contributed by atoms with van der Waals surface area (Å²) in [5.41, 5.74) is 5.45. The SMILES string of the molecule is CC(C)c1nc(C(C)C)c(C(O[SiH](C)C)C(C)(C)C)c(-c2ccc(F)cc2)c1CO. The summed E-state index contributed by atoms with van der Waals surface area (Å²) < 4.78 is 20.4. The molecule has 1 heterocycles. The van der Waals surface area contributed by atoms with Crippen LogP contribution in [0.25, 0.3) is 11.1 Å². The molecular weight excluding hydrogens is 393 g/mol. The van der Waals surface area contributed by atoms with E-state index in [9.17, 15) is 9.50 Å². The van der Waals surface area contributed by atoms with E-state index in [1.54, 1.807) is 12.1 Å². The highest BCUT2D eigenvalue weighted by atomic mass is 28.3. The minimum atomic E-state index is -1.38. The molecule has 2 rings (SSSR count). The summed E-state index contributed by atoms with van der Waals surface area (Å²) in [5.74, 6) is 0.0735. The summed E-state index contributed by atoms with van der Waals surface area (Å²) in [5, 5.41) is 10.4. The fraction of sp³-hybridized carbons (Fsp3) is 0.560. The molecule has 0 aliphatic rings. The molecule has 0 bridgehead atoms. The first kappa shape index (κ1) is 24.7. The van der Waals surface area contributed by atoms with E-state index in [-0.39, 0.29) is 35.8 Å². The van der Waals surface area contributed by atoms with E-state index in [0.29, 0.717) is 0 Å². The third-order valence-electron chi connectivity index (χ3n) is 5.24. The lowest BCUT2D eigenvalue weighted by atomic mass is 9.77. The van der Waals surface area contributed by atoms with Crippen molar-refractivity contribution in [1.82, 2.24) is 4.98 Å². The van der Waals surface area contributed by atoms with Gasteiger partial charge in [0.15, 0.2) is 9.04 Å². The van der Waals surface area contributed by atoms with Gasteiger partial charge in [-0.3, -0.25) is 4.98 Å². The molecule has 1 atom stereocenters. The zero-order valence-corrected chi connectivity index (χ0v) is 21.2. The van der Waals surface area contributed by atoms with Crippen molar-refractivity contribution in [2.45, 2.75) is 86.1 Å². The molecule has 0 aliphatic carbocycles. The van der Waals surface area contributed by atoms with E-state index >= 15 is 0 Å². The molecule has 3 nitrogen and oxygen atoms in total. The van der Waals surface area contributed by atoms with Gasteiger partial charge in [0, 0.05) is 22.5 Å². The van der Waals surface area contributed by atoms with Crippen LogP contribution in [0.1, 0.15) is 88.9 Å². The van der Waals surface area contributed by atoms with Crippen LogP contribution in [0.15, 0.2) is 24.3 Å². The number of halogens is 1. The molecule has 166 valence electrons. The first-order valence-corrected chi connectivity index (χ1v) is 13.7. The highest BCUT2D eigenvalue weighted by Crippen LogP contribution is 2.46. The van der Waals surface area contributed by atoms with Crippen molar-refractivity contribution in [3.05, 3.63) is 52.6 Å². The quantitative estimate of drug-likeness (QED) is 0.495. The van der Waals surface area contributed by atoms with Crippen molar-refractivity contribution in [2.75, 3.05) is 0 Å². The number of aliphatic hydroxyl groups is 1. The van der Waals surface area contributed by atoms with Gasteiger partial charge in [-0.05, 0) is 53.6 Å². The molecule has 0 radical (unpaired) electrons. The van der Waals surface area contributed by atoms with E-state index in [0.717, 1.165) is 33.6 Å². The highest BCUT2D eigenvalue weighted by molar-refractivity contribution is 6.48. The molecule has 0 saturated carbocycles. The summed E-state index contributed by atoms with van der Waals surface area (Å²) in [6.07, 6.45) is -0.166. The predicted octanol–water partition coefficient (Wildman–Crippen LogP) is 6.71. The molecule has 0 fully saturated rings. The van der Waals surface area contributed by atoms with Crippen molar-refractivity contribution in [1.29, 1.82) is 0 Å². The molecule has 1 aromatic heterocycles. The monoisotopic (exact) mass is 431 g/mol. The standard InChI is InChI=1S/C25H38FNO2Si/c1-15(2)22-19(14-28)20(17-10-12-18(26)13-11-17)21(23(27-22)16(3)4)24(25(5,6)7)29-30(8)9/h10-13,15-16,24,28,30H,14H2,1-9H3. The Labute approximate surface area is 183 Å². The van der Waals surface area contributed by atoms with Crippen LogP contribution < -0.4 is 0 Å². The Kier molecular flexibility index (Phi) is 8.00. The van der Waals surface area contributed by atoms with E-state index in [4.69, 9.17) is 9.41 Å². The third kappa shape index (κ3) is 5.37. The van der Waals surface area contributed by atoms with Gasteiger partial charge in [-0.25, -0.2) is 4.39 Å². The maximum atomic E-state index is 13.7. The zero-order chi connectivity index (χ0) is 22.8. The van der Waals surface area contributed by atoms with Gasteiger partial charge in [-0.2, -0.15) is 0 Å². The van der Waals surface area contributed by atoms with E-state index in [2.05, 4.69) is 61.6 Å². The van der Waals surface area contributed by atoms with Crippen LogP contribution in [0.4, 0.5) is 4.39 Å². The summed E-state index contributed by atoms with van der Waals surface area (Å²) >= 11 is 0. The van der Waals surface area contributed by atoms with Gasteiger partial charge >= 0.3 is 0 Å². The number of benzene rings is 1. The molecule has 1 unspecified atom stereocenters. The van der Waals surface area contributed by atoms with Gasteiger partial charge in [-0.1, -0.05) is 60.6 Å². The second kappa shape index (κ2) is 9.71. The second-order valence-electron chi connectivity index (χ2n) is 10.1. The molecule has 0 amide bonds. The number of aromatic nitrogens is 1. The molecule has 0 aliphatic heterocycles. The van der Waals surface area contributed by atoms with E-state index in [1.807, 2.05) is 0 Å². The summed E-state index contributed by atoms with van der Waals surface area (Å²) in [7, 11) is -1.38. The van der Waals surface area contributed by atoms with Crippen molar-refractivity contribution >= 4 is 9.04 Å². The fourth-order valence-corrected chi connectivity index (χ4v) is 5.03. The Morgan fingerprint density at radius 3 is 1.93 bits per heavy atom. The highest BCUT2D eigenvalue weighted by Gasteiger charge is 2.35. The van der Waals surface area contributed by atoms with Gasteiger partial charge in [0.1, 0.15) is 5.82 Å². The summed E-state index contributed by atoms with van der Waals surface area (Å²) in [6, 6.07) is 6.56. The van der Waals surface area contributed by atoms with Crippen LogP contribution in [-0.4, -0.2) is 19.1 Å². The van der Waals surface area contributed by atoms with Crippen LogP contribution in [0.5, 0.6) is 0 Å². The Bertz CT molecular complexity index is 855. The lowest BCUT2D eigenvalue weighted by Gasteiger charge is -2.37. The number of nitrogens with zero attached hydrogens (tertiary/aromatic N) is 1. The normalized spacial score (nSPS) is 13.5. The Morgan fingerprint density at radius 2 is 1.53 bits per heavy atom. The molecule has 0 saturated heterocycles. The van der Waals surface area contributed by atoms with Gasteiger partial charge < -0.3 is 9.53 Å². The van der Waals surface area contributed by atoms with Crippen LogP contribution in [0.2, 0.25) is 13.1 Å². The van der Waals surface area contributed by atoms with Gasteiger partial charge in [0.05, 0.1) is 12.7 Å². The van der Waals surface area contributed by atoms with Gasteiger partial charge in [-0.15, -0.1) is 0 Å². The Hall–Kier alpha value is -1.56. The van der Waals surface area contributed by atoms with Crippen molar-refractivity contribution in [3.8, 4) is 11.1 Å². The zero-order valence-electron chi connectivity index (χ0n) is 20.0. The van der Waals surface area contributed by atoms with Crippen LogP contribution in [-0.2, 0) is 11.0 Å². The molecule has 1 N–H and O–H groups in total. The number of rotatable bonds is 7. The summed E-state index contributed by atoms with van der Waals surface area (Å²) in [4.78, 5) is 5.09. The molecule has 5 heteroatoms. The minimum Gasteiger partial charge on any atom is -0.413 e. The van der Waals surface area contributed by atoms with E-state index < -0.39 is 9.04 Å². The first-order chi connectivity index (χ1) is 13.9. The van der Waals surface area contributed by atoms with Crippen LogP contribution >= 0.6 is 0 Å². The largest absolute Gasteiger partial charge is 0.413 e. The minimum absolute atomic E-state index is 0.116. The number of hydrogen-bond donors (Lipinski definition) is 1. The van der Waals surface area contributed by atoms with Crippen molar-refractivity contribution < 1.29 is 13.9 Å². The number of hydrogen-bond acceptors (Lipinski definition) is 3. The Balaban J connectivity index is 3.04. The average molecular weight is 432 g/mol. The third-order valence-corrected chi connectivity index (χ3v) is 6.06. The van der Waals surface area contributed by atoms with Gasteiger partial charge in [0.25, 0.3) is 0 Å². The lowest BCUT2D eigenvalue weighted by Crippen LogP contribution is -2.29. The molecule has 1 aromatic carbocycles. The van der Waals surface area contributed by atoms with Crippen LogP contribution in [0, 0.1) is 11.2 Å².